The van der Waals surface area contributed by atoms with Gasteiger partial charge < -0.3 is 4.74 Å². The highest BCUT2D eigenvalue weighted by atomic mass is 32.1. The number of pyridine rings is 1. The fraction of sp³-hybridized carbons (Fsp3) is 0.105. The predicted octanol–water partition coefficient (Wildman–Crippen LogP) is 4.13. The molecule has 124 valence electrons. The van der Waals surface area contributed by atoms with Crippen molar-refractivity contribution in [3.05, 3.63) is 71.4 Å². The van der Waals surface area contributed by atoms with Crippen LogP contribution in [0.2, 0.25) is 0 Å². The van der Waals surface area contributed by atoms with Crippen LogP contribution < -0.4 is 4.74 Å². The van der Waals surface area contributed by atoms with Crippen LogP contribution >= 0.6 is 11.3 Å². The first-order valence-corrected chi connectivity index (χ1v) is 8.78. The van der Waals surface area contributed by atoms with Gasteiger partial charge in [0.05, 0.1) is 30.6 Å². The summed E-state index contributed by atoms with van der Waals surface area (Å²) in [5.41, 5.74) is 6.65. The number of nitrogens with zero attached hydrogens (tertiary/aromatic N) is 4. The number of rotatable bonds is 5. The van der Waals surface area contributed by atoms with Gasteiger partial charge in [-0.1, -0.05) is 18.2 Å². The number of methoxy groups -OCH3 is 1. The second kappa shape index (κ2) is 6.86. The zero-order valence-corrected chi connectivity index (χ0v) is 14.5. The average Bonchev–Trinajstić information content (AvgIpc) is 3.34. The fourth-order valence-corrected chi connectivity index (χ4v) is 3.23. The monoisotopic (exact) mass is 348 g/mol. The number of aromatic nitrogens is 4. The molecule has 0 saturated carbocycles. The molecule has 5 nitrogen and oxygen atoms in total. The van der Waals surface area contributed by atoms with E-state index in [1.165, 1.54) is 0 Å². The highest BCUT2D eigenvalue weighted by Gasteiger charge is 2.09. The van der Waals surface area contributed by atoms with Crippen LogP contribution in [-0.2, 0) is 6.54 Å². The molecule has 0 aliphatic carbocycles. The first kappa shape index (κ1) is 15.5. The second-order valence-electron chi connectivity index (χ2n) is 5.51. The van der Waals surface area contributed by atoms with Gasteiger partial charge in [0.15, 0.2) is 0 Å². The Labute approximate surface area is 149 Å². The SMILES string of the molecule is COc1cccnc1-c1cccc(-c2ccn(Cc3cscn3)n2)c1. The Morgan fingerprint density at radius 2 is 2.00 bits per heavy atom. The Hall–Kier alpha value is -2.99. The van der Waals surface area contributed by atoms with Gasteiger partial charge in [-0.25, -0.2) is 4.98 Å². The third kappa shape index (κ3) is 3.29. The van der Waals surface area contributed by atoms with E-state index in [9.17, 15) is 0 Å². The smallest absolute Gasteiger partial charge is 0.145 e. The molecule has 0 atom stereocenters. The molecule has 4 aromatic rings. The molecule has 0 spiro atoms. The molecular weight excluding hydrogens is 332 g/mol. The lowest BCUT2D eigenvalue weighted by molar-refractivity contribution is 0.415. The molecule has 25 heavy (non-hydrogen) atoms. The van der Waals surface area contributed by atoms with Crippen molar-refractivity contribution in [2.75, 3.05) is 7.11 Å². The van der Waals surface area contributed by atoms with Crippen molar-refractivity contribution in [3.8, 4) is 28.3 Å². The summed E-state index contributed by atoms with van der Waals surface area (Å²) in [6.45, 7) is 0.678. The van der Waals surface area contributed by atoms with Crippen LogP contribution in [0, 0.1) is 0 Å². The molecule has 0 aliphatic heterocycles. The van der Waals surface area contributed by atoms with Crippen LogP contribution in [0.25, 0.3) is 22.5 Å². The van der Waals surface area contributed by atoms with Crippen LogP contribution in [0.3, 0.4) is 0 Å². The number of hydrogen-bond donors (Lipinski definition) is 0. The van der Waals surface area contributed by atoms with Gasteiger partial charge in [-0.05, 0) is 24.3 Å². The fourth-order valence-electron chi connectivity index (χ4n) is 2.68. The molecule has 3 heterocycles. The van der Waals surface area contributed by atoms with Crippen molar-refractivity contribution in [2.24, 2.45) is 0 Å². The summed E-state index contributed by atoms with van der Waals surface area (Å²) < 4.78 is 7.32. The molecule has 6 heteroatoms. The van der Waals surface area contributed by atoms with E-state index in [0.29, 0.717) is 6.54 Å². The van der Waals surface area contributed by atoms with Gasteiger partial charge in [-0.2, -0.15) is 5.10 Å². The van der Waals surface area contributed by atoms with Crippen LogP contribution in [0.4, 0.5) is 0 Å². The Balaban J connectivity index is 1.65. The average molecular weight is 348 g/mol. The summed E-state index contributed by atoms with van der Waals surface area (Å²) >= 11 is 1.59. The van der Waals surface area contributed by atoms with E-state index in [1.807, 2.05) is 52.1 Å². The lowest BCUT2D eigenvalue weighted by atomic mass is 10.1. The van der Waals surface area contributed by atoms with Crippen LogP contribution in [0.5, 0.6) is 5.75 Å². The van der Waals surface area contributed by atoms with Crippen molar-refractivity contribution < 1.29 is 4.74 Å². The first-order chi connectivity index (χ1) is 12.3. The quantitative estimate of drug-likeness (QED) is 0.544. The van der Waals surface area contributed by atoms with E-state index in [0.717, 1.165) is 34.0 Å². The minimum atomic E-state index is 0.678. The van der Waals surface area contributed by atoms with Crippen molar-refractivity contribution in [1.82, 2.24) is 19.7 Å². The van der Waals surface area contributed by atoms with Crippen molar-refractivity contribution in [3.63, 3.8) is 0 Å². The molecule has 4 rings (SSSR count). The number of ether oxygens (including phenoxy) is 1. The maximum Gasteiger partial charge on any atom is 0.145 e. The topological polar surface area (TPSA) is 52.8 Å². The third-order valence-corrected chi connectivity index (χ3v) is 4.51. The Morgan fingerprint density at radius 3 is 2.84 bits per heavy atom. The number of hydrogen-bond acceptors (Lipinski definition) is 5. The van der Waals surface area contributed by atoms with Gasteiger partial charge in [0.25, 0.3) is 0 Å². The van der Waals surface area contributed by atoms with Gasteiger partial charge in [0, 0.05) is 28.9 Å². The molecule has 3 aromatic heterocycles. The van der Waals surface area contributed by atoms with Crippen LogP contribution in [-0.4, -0.2) is 26.9 Å². The predicted molar refractivity (Wildman–Crippen MR) is 98.7 cm³/mol. The Kier molecular flexibility index (Phi) is 4.26. The highest BCUT2D eigenvalue weighted by Crippen LogP contribution is 2.30. The third-order valence-electron chi connectivity index (χ3n) is 3.87. The van der Waals surface area contributed by atoms with Gasteiger partial charge in [-0.15, -0.1) is 11.3 Å². The minimum absolute atomic E-state index is 0.678. The lowest BCUT2D eigenvalue weighted by Gasteiger charge is -2.08. The summed E-state index contributed by atoms with van der Waals surface area (Å²) in [6.07, 6.45) is 3.75. The standard InChI is InChI=1S/C19H16N4OS/c1-24-18-6-3-8-20-19(18)15-5-2-4-14(10-15)17-7-9-23(22-17)11-16-12-25-13-21-16/h2-10,12-13H,11H2,1H3. The van der Waals surface area contributed by atoms with Crippen LogP contribution in [0.1, 0.15) is 5.69 Å². The maximum absolute atomic E-state index is 5.42. The van der Waals surface area contributed by atoms with Crippen molar-refractivity contribution >= 4 is 11.3 Å². The summed E-state index contributed by atoms with van der Waals surface area (Å²) in [4.78, 5) is 8.75. The molecular formula is C19H16N4OS. The molecule has 0 aliphatic rings. The number of thiazole rings is 1. The molecule has 0 fully saturated rings. The van der Waals surface area contributed by atoms with E-state index in [1.54, 1.807) is 24.6 Å². The van der Waals surface area contributed by atoms with Crippen molar-refractivity contribution in [2.45, 2.75) is 6.54 Å². The van der Waals surface area contributed by atoms with Gasteiger partial charge in [0.2, 0.25) is 0 Å². The van der Waals surface area contributed by atoms with Gasteiger partial charge in [0.1, 0.15) is 11.4 Å². The zero-order valence-electron chi connectivity index (χ0n) is 13.7. The summed E-state index contributed by atoms with van der Waals surface area (Å²) in [6, 6.07) is 14.0. The maximum atomic E-state index is 5.42. The molecule has 0 radical (unpaired) electrons. The van der Waals surface area contributed by atoms with E-state index < -0.39 is 0 Å². The molecule has 0 saturated heterocycles. The Morgan fingerprint density at radius 1 is 1.08 bits per heavy atom. The van der Waals surface area contributed by atoms with Crippen molar-refractivity contribution in [1.29, 1.82) is 0 Å². The molecule has 0 bridgehead atoms. The van der Waals surface area contributed by atoms with Gasteiger partial charge >= 0.3 is 0 Å². The van der Waals surface area contributed by atoms with E-state index in [2.05, 4.69) is 27.2 Å². The summed E-state index contributed by atoms with van der Waals surface area (Å²) in [7, 11) is 1.66. The largest absolute Gasteiger partial charge is 0.494 e. The van der Waals surface area contributed by atoms with Crippen LogP contribution in [0.15, 0.2) is 65.7 Å². The van der Waals surface area contributed by atoms with E-state index >= 15 is 0 Å². The van der Waals surface area contributed by atoms with E-state index in [4.69, 9.17) is 4.74 Å². The Bertz CT molecular complexity index is 979. The van der Waals surface area contributed by atoms with E-state index in [-0.39, 0.29) is 0 Å². The zero-order chi connectivity index (χ0) is 17.1. The summed E-state index contributed by atoms with van der Waals surface area (Å²) in [5.74, 6) is 0.758. The minimum Gasteiger partial charge on any atom is -0.494 e. The molecule has 0 amide bonds. The first-order valence-electron chi connectivity index (χ1n) is 7.84. The highest BCUT2D eigenvalue weighted by molar-refractivity contribution is 7.07. The second-order valence-corrected chi connectivity index (χ2v) is 6.23. The molecule has 0 unspecified atom stereocenters. The molecule has 0 N–H and O–H groups in total. The normalized spacial score (nSPS) is 10.8. The lowest BCUT2D eigenvalue weighted by Crippen LogP contribution is -2.00. The number of benzene rings is 1. The summed E-state index contributed by atoms with van der Waals surface area (Å²) in [5, 5.41) is 6.70. The molecule has 1 aromatic carbocycles. The van der Waals surface area contributed by atoms with Gasteiger partial charge in [-0.3, -0.25) is 9.67 Å².